The minimum atomic E-state index is -3.18. The van der Waals surface area contributed by atoms with Gasteiger partial charge >= 0.3 is 0 Å². The summed E-state index contributed by atoms with van der Waals surface area (Å²) in [4.78, 5) is 14.5. The van der Waals surface area contributed by atoms with E-state index in [0.29, 0.717) is 32.8 Å². The quantitative estimate of drug-likeness (QED) is 0.760. The van der Waals surface area contributed by atoms with Crippen LogP contribution >= 0.6 is 0 Å². The van der Waals surface area contributed by atoms with E-state index in [0.717, 1.165) is 37.7 Å². The lowest BCUT2D eigenvalue weighted by Gasteiger charge is -2.42. The second-order valence-electron chi connectivity index (χ2n) is 7.48. The summed E-state index contributed by atoms with van der Waals surface area (Å²) in [5, 5.41) is 0. The molecule has 24 heavy (non-hydrogen) atoms. The molecule has 6 nitrogen and oxygen atoms in total. The Kier molecular flexibility index (Phi) is 5.04. The minimum Gasteiger partial charge on any atom is -0.384 e. The number of allylic oxidation sites excluding steroid dienone is 1. The van der Waals surface area contributed by atoms with Gasteiger partial charge in [0.15, 0.2) is 0 Å². The van der Waals surface area contributed by atoms with E-state index in [-0.39, 0.29) is 17.2 Å². The predicted octanol–water partition coefficient (Wildman–Crippen LogP) is 1.24. The summed E-state index contributed by atoms with van der Waals surface area (Å²) in [5.74, 6) is 0.392. The van der Waals surface area contributed by atoms with Crippen LogP contribution < -0.4 is 0 Å². The predicted molar refractivity (Wildman–Crippen MR) is 92.0 cm³/mol. The van der Waals surface area contributed by atoms with Gasteiger partial charge in [0, 0.05) is 44.8 Å². The largest absolute Gasteiger partial charge is 0.384 e. The first-order valence-corrected chi connectivity index (χ1v) is 10.6. The Morgan fingerprint density at radius 1 is 1.38 bits per heavy atom. The number of amides is 1. The number of hydrogen-bond donors (Lipinski definition) is 0. The highest BCUT2D eigenvalue weighted by atomic mass is 32.2. The molecule has 7 heteroatoms. The molecule has 0 bridgehead atoms. The molecule has 2 heterocycles. The van der Waals surface area contributed by atoms with Crippen LogP contribution in [0.5, 0.6) is 0 Å². The summed E-state index contributed by atoms with van der Waals surface area (Å²) in [7, 11) is -1.52. The van der Waals surface area contributed by atoms with E-state index in [1.807, 2.05) is 4.90 Å². The molecule has 1 spiro atoms. The van der Waals surface area contributed by atoms with Gasteiger partial charge in [0.05, 0.1) is 12.9 Å². The summed E-state index contributed by atoms with van der Waals surface area (Å²) < 4.78 is 30.9. The Bertz CT molecular complexity index is 621. The number of sulfonamides is 1. The molecule has 1 aliphatic carbocycles. The van der Waals surface area contributed by atoms with E-state index in [1.165, 1.54) is 6.26 Å². The molecular weight excluding hydrogens is 328 g/mol. The Morgan fingerprint density at radius 2 is 2.08 bits per heavy atom. The lowest BCUT2D eigenvalue weighted by molar-refractivity contribution is -0.130. The van der Waals surface area contributed by atoms with Crippen molar-refractivity contribution in [1.29, 1.82) is 0 Å². The molecule has 0 saturated carbocycles. The normalized spacial score (nSPS) is 27.7. The van der Waals surface area contributed by atoms with E-state index in [2.05, 4.69) is 6.08 Å². The van der Waals surface area contributed by atoms with E-state index in [1.54, 1.807) is 11.4 Å². The number of rotatable bonds is 4. The zero-order chi connectivity index (χ0) is 17.4. The van der Waals surface area contributed by atoms with Crippen molar-refractivity contribution < 1.29 is 17.9 Å². The van der Waals surface area contributed by atoms with E-state index < -0.39 is 10.0 Å². The number of methoxy groups -OCH3 is 1. The van der Waals surface area contributed by atoms with Crippen LogP contribution in [-0.2, 0) is 19.6 Å². The highest BCUT2D eigenvalue weighted by molar-refractivity contribution is 7.88. The van der Waals surface area contributed by atoms with Gasteiger partial charge in [-0.1, -0.05) is 6.08 Å². The van der Waals surface area contributed by atoms with Gasteiger partial charge in [-0.2, -0.15) is 0 Å². The molecule has 3 aliphatic rings. The Morgan fingerprint density at radius 3 is 2.62 bits per heavy atom. The van der Waals surface area contributed by atoms with Crippen LogP contribution in [0, 0.1) is 11.3 Å². The molecule has 1 amide bonds. The average Bonchev–Trinajstić information content (AvgIpc) is 3.17. The Hall–Kier alpha value is -0.920. The van der Waals surface area contributed by atoms with Crippen molar-refractivity contribution in [2.75, 3.05) is 46.2 Å². The maximum absolute atomic E-state index is 12.6. The number of carbonyl (C=O) groups excluding carboxylic acids is 1. The third kappa shape index (κ3) is 3.39. The number of piperidine rings is 1. The highest BCUT2D eigenvalue weighted by Crippen LogP contribution is 2.45. The van der Waals surface area contributed by atoms with Crippen LogP contribution in [0.1, 0.15) is 32.1 Å². The van der Waals surface area contributed by atoms with Gasteiger partial charge in [-0.25, -0.2) is 12.7 Å². The summed E-state index contributed by atoms with van der Waals surface area (Å²) >= 11 is 0. The zero-order valence-electron chi connectivity index (χ0n) is 14.7. The van der Waals surface area contributed by atoms with E-state index in [4.69, 9.17) is 4.74 Å². The molecule has 0 aromatic rings. The van der Waals surface area contributed by atoms with Gasteiger partial charge in [-0.3, -0.25) is 4.79 Å². The minimum absolute atomic E-state index is 0.0556. The van der Waals surface area contributed by atoms with Crippen LogP contribution in [-0.4, -0.2) is 69.7 Å². The molecule has 3 rings (SSSR count). The van der Waals surface area contributed by atoms with E-state index in [9.17, 15) is 13.2 Å². The van der Waals surface area contributed by atoms with Crippen LogP contribution in [0.25, 0.3) is 0 Å². The van der Waals surface area contributed by atoms with Crippen LogP contribution in [0.15, 0.2) is 11.6 Å². The molecule has 136 valence electrons. The second kappa shape index (κ2) is 6.77. The third-order valence-electron chi connectivity index (χ3n) is 5.98. The molecule has 2 fully saturated rings. The van der Waals surface area contributed by atoms with Gasteiger partial charge in [0.25, 0.3) is 0 Å². The van der Waals surface area contributed by atoms with Crippen LogP contribution in [0.4, 0.5) is 0 Å². The molecule has 0 radical (unpaired) electrons. The first-order valence-electron chi connectivity index (χ1n) is 8.78. The summed E-state index contributed by atoms with van der Waals surface area (Å²) in [6.07, 6.45) is 8.05. The molecule has 1 atom stereocenters. The average molecular weight is 356 g/mol. The van der Waals surface area contributed by atoms with Gasteiger partial charge < -0.3 is 9.64 Å². The summed E-state index contributed by atoms with van der Waals surface area (Å²) in [5.41, 5.74) is 0.906. The van der Waals surface area contributed by atoms with Gasteiger partial charge in [-0.15, -0.1) is 0 Å². The topological polar surface area (TPSA) is 66.9 Å². The number of nitrogens with zero attached hydrogens (tertiary/aromatic N) is 2. The Balaban J connectivity index is 1.69. The lowest BCUT2D eigenvalue weighted by atomic mass is 9.71. The molecule has 0 aromatic carbocycles. The van der Waals surface area contributed by atoms with Crippen LogP contribution in [0.3, 0.4) is 0 Å². The number of hydrogen-bond acceptors (Lipinski definition) is 4. The second-order valence-corrected chi connectivity index (χ2v) is 9.47. The fraction of sp³-hybridized carbons (Fsp3) is 0.824. The molecular formula is C17H28N2O4S. The molecule has 0 aromatic heterocycles. The molecule has 2 saturated heterocycles. The van der Waals surface area contributed by atoms with E-state index >= 15 is 0 Å². The zero-order valence-corrected chi connectivity index (χ0v) is 15.5. The first kappa shape index (κ1) is 17.9. The van der Waals surface area contributed by atoms with Gasteiger partial charge in [0.1, 0.15) is 0 Å². The standard InChI is InChI=1S/C17H28N2O4S/c1-23-12-15-11-19(24(2,21)22)13-17(15)7-9-18(10-8-17)16(20)14-5-3-4-6-14/h5,15H,3-4,6-13H2,1-2H3/t15-/m0/s1. The fourth-order valence-electron chi connectivity index (χ4n) is 4.46. The van der Waals surface area contributed by atoms with Crippen molar-refractivity contribution in [1.82, 2.24) is 9.21 Å². The maximum atomic E-state index is 12.6. The monoisotopic (exact) mass is 356 g/mol. The van der Waals surface area contributed by atoms with Crippen molar-refractivity contribution in [2.24, 2.45) is 11.3 Å². The summed E-state index contributed by atoms with van der Waals surface area (Å²) in [6, 6.07) is 0. The van der Waals surface area contributed by atoms with Gasteiger partial charge in [0.2, 0.25) is 15.9 Å². The van der Waals surface area contributed by atoms with Crippen molar-refractivity contribution in [2.45, 2.75) is 32.1 Å². The third-order valence-corrected chi connectivity index (χ3v) is 7.20. The first-order chi connectivity index (χ1) is 11.4. The number of carbonyl (C=O) groups is 1. The SMILES string of the molecule is COC[C@@H]1CN(S(C)(=O)=O)CC12CCN(C(=O)C1=CCCC1)CC2. The Labute approximate surface area is 144 Å². The van der Waals surface area contributed by atoms with Gasteiger partial charge in [-0.05, 0) is 37.5 Å². The van der Waals surface area contributed by atoms with Crippen LogP contribution in [0.2, 0.25) is 0 Å². The number of likely N-dealkylation sites (tertiary alicyclic amines) is 1. The highest BCUT2D eigenvalue weighted by Gasteiger charge is 2.50. The number of ether oxygens (including phenoxy) is 1. The van der Waals surface area contributed by atoms with Crippen molar-refractivity contribution >= 4 is 15.9 Å². The van der Waals surface area contributed by atoms with Crippen molar-refractivity contribution in [3.63, 3.8) is 0 Å². The fourth-order valence-corrected chi connectivity index (χ4v) is 5.40. The molecule has 0 N–H and O–H groups in total. The molecule has 2 aliphatic heterocycles. The summed E-state index contributed by atoms with van der Waals surface area (Å²) in [6.45, 7) is 3.10. The van der Waals surface area contributed by atoms with Crippen molar-refractivity contribution in [3.8, 4) is 0 Å². The van der Waals surface area contributed by atoms with Crippen molar-refractivity contribution in [3.05, 3.63) is 11.6 Å². The lowest BCUT2D eigenvalue weighted by Crippen LogP contribution is -2.47. The molecule has 0 unspecified atom stereocenters. The maximum Gasteiger partial charge on any atom is 0.249 e. The smallest absolute Gasteiger partial charge is 0.249 e.